The second-order valence-electron chi connectivity index (χ2n) is 4.08. The van der Waals surface area contributed by atoms with Gasteiger partial charge in [-0.05, 0) is 30.7 Å². The molecule has 0 radical (unpaired) electrons. The molecule has 0 fully saturated rings. The van der Waals surface area contributed by atoms with Gasteiger partial charge >= 0.3 is 0 Å². The fourth-order valence-electron chi connectivity index (χ4n) is 1.61. The number of hydrogen-bond donors (Lipinski definition) is 3. The van der Waals surface area contributed by atoms with Crippen LogP contribution in [0.1, 0.15) is 12.0 Å². The predicted molar refractivity (Wildman–Crippen MR) is 68.9 cm³/mol. The topological polar surface area (TPSA) is 71.0 Å². The average Bonchev–Trinajstić information content (AvgIpc) is 2.37. The third kappa shape index (κ3) is 4.91. The van der Waals surface area contributed by atoms with Crippen LogP contribution in [-0.2, 0) is 11.3 Å². The molecule has 0 amide bonds. The molecule has 1 rings (SSSR count). The van der Waals surface area contributed by atoms with Gasteiger partial charge in [0, 0.05) is 13.7 Å². The molecular formula is C13H21NO4. The van der Waals surface area contributed by atoms with Gasteiger partial charge < -0.3 is 25.0 Å². The van der Waals surface area contributed by atoms with Crippen LogP contribution in [0, 0.1) is 0 Å². The smallest absolute Gasteiger partial charge is 0.160 e. The molecule has 0 aromatic heterocycles. The van der Waals surface area contributed by atoms with E-state index >= 15 is 0 Å². The number of ether oxygens (including phenoxy) is 2. The molecule has 0 aliphatic carbocycles. The average molecular weight is 255 g/mol. The molecule has 5 nitrogen and oxygen atoms in total. The maximum absolute atomic E-state index is 9.45. The third-order valence-corrected chi connectivity index (χ3v) is 2.59. The van der Waals surface area contributed by atoms with E-state index in [-0.39, 0.29) is 5.75 Å². The van der Waals surface area contributed by atoms with Crippen molar-refractivity contribution in [3.63, 3.8) is 0 Å². The highest BCUT2D eigenvalue weighted by Gasteiger charge is 2.04. The van der Waals surface area contributed by atoms with Gasteiger partial charge in [0.15, 0.2) is 11.5 Å². The van der Waals surface area contributed by atoms with Gasteiger partial charge in [-0.15, -0.1) is 0 Å². The molecule has 1 aromatic rings. The summed E-state index contributed by atoms with van der Waals surface area (Å²) in [6.07, 6.45) is 0.208. The number of rotatable bonds is 8. The number of hydrogen-bond acceptors (Lipinski definition) is 5. The highest BCUT2D eigenvalue weighted by atomic mass is 16.5. The summed E-state index contributed by atoms with van der Waals surface area (Å²) >= 11 is 0. The minimum Gasteiger partial charge on any atom is -0.504 e. The second-order valence-corrected chi connectivity index (χ2v) is 4.08. The van der Waals surface area contributed by atoms with Crippen LogP contribution in [0.3, 0.4) is 0 Å². The minimum atomic E-state index is -0.433. The standard InChI is InChI=1S/C13H21NO4/c1-17-9-11(15)5-6-14-8-10-3-4-12(16)13(7-10)18-2/h3-4,7,11,14-16H,5-6,8-9H2,1-2H3. The summed E-state index contributed by atoms with van der Waals surface area (Å²) in [5.74, 6) is 0.602. The Morgan fingerprint density at radius 3 is 2.78 bits per heavy atom. The zero-order valence-electron chi connectivity index (χ0n) is 10.8. The van der Waals surface area contributed by atoms with Crippen molar-refractivity contribution < 1.29 is 19.7 Å². The number of aliphatic hydroxyl groups is 1. The first-order valence-corrected chi connectivity index (χ1v) is 5.91. The van der Waals surface area contributed by atoms with Crippen molar-refractivity contribution in [1.29, 1.82) is 0 Å². The number of phenols is 1. The van der Waals surface area contributed by atoms with Crippen LogP contribution in [0.25, 0.3) is 0 Å². The lowest BCUT2D eigenvalue weighted by Gasteiger charge is -2.11. The summed E-state index contributed by atoms with van der Waals surface area (Å²) in [5.41, 5.74) is 1.02. The van der Waals surface area contributed by atoms with Gasteiger partial charge in [-0.3, -0.25) is 0 Å². The van der Waals surface area contributed by atoms with Gasteiger partial charge in [0.2, 0.25) is 0 Å². The second kappa shape index (κ2) is 7.92. The molecule has 5 heteroatoms. The van der Waals surface area contributed by atoms with Gasteiger partial charge in [0.1, 0.15) is 0 Å². The first-order valence-electron chi connectivity index (χ1n) is 5.91. The SMILES string of the molecule is COCC(O)CCNCc1ccc(O)c(OC)c1. The monoisotopic (exact) mass is 255 g/mol. The number of nitrogens with one attached hydrogen (secondary N) is 1. The molecule has 3 N–H and O–H groups in total. The van der Waals surface area contributed by atoms with E-state index in [1.807, 2.05) is 6.07 Å². The van der Waals surface area contributed by atoms with Crippen LogP contribution < -0.4 is 10.1 Å². The van der Waals surface area contributed by atoms with Crippen molar-refractivity contribution in [3.05, 3.63) is 23.8 Å². The fraction of sp³-hybridized carbons (Fsp3) is 0.538. The molecule has 0 saturated heterocycles. The summed E-state index contributed by atoms with van der Waals surface area (Å²) in [5, 5.41) is 22.1. The van der Waals surface area contributed by atoms with Gasteiger partial charge in [0.25, 0.3) is 0 Å². The number of benzene rings is 1. The van der Waals surface area contributed by atoms with Crippen LogP contribution >= 0.6 is 0 Å². The summed E-state index contributed by atoms with van der Waals surface area (Å²) < 4.78 is 9.87. The largest absolute Gasteiger partial charge is 0.504 e. The first kappa shape index (κ1) is 14.8. The Morgan fingerprint density at radius 2 is 2.11 bits per heavy atom. The summed E-state index contributed by atoms with van der Waals surface area (Å²) in [4.78, 5) is 0. The zero-order chi connectivity index (χ0) is 13.4. The highest BCUT2D eigenvalue weighted by molar-refractivity contribution is 5.41. The Kier molecular flexibility index (Phi) is 6.49. The molecule has 0 saturated carbocycles. The Morgan fingerprint density at radius 1 is 1.33 bits per heavy atom. The van der Waals surface area contributed by atoms with Crippen molar-refractivity contribution in [3.8, 4) is 11.5 Å². The fourth-order valence-corrected chi connectivity index (χ4v) is 1.61. The molecule has 18 heavy (non-hydrogen) atoms. The van der Waals surface area contributed by atoms with Crippen molar-refractivity contribution >= 4 is 0 Å². The molecule has 1 aromatic carbocycles. The van der Waals surface area contributed by atoms with E-state index in [0.29, 0.717) is 31.9 Å². The minimum absolute atomic E-state index is 0.136. The summed E-state index contributed by atoms with van der Waals surface area (Å²) in [7, 11) is 3.09. The van der Waals surface area contributed by atoms with Crippen LogP contribution in [0.15, 0.2) is 18.2 Å². The maximum atomic E-state index is 9.45. The number of phenolic OH excluding ortho intramolecular Hbond substituents is 1. The molecule has 0 aliphatic rings. The van der Waals surface area contributed by atoms with Gasteiger partial charge in [-0.25, -0.2) is 0 Å². The molecule has 102 valence electrons. The van der Waals surface area contributed by atoms with Crippen molar-refractivity contribution in [1.82, 2.24) is 5.32 Å². The van der Waals surface area contributed by atoms with E-state index in [0.717, 1.165) is 5.56 Å². The Hall–Kier alpha value is -1.30. The van der Waals surface area contributed by atoms with Gasteiger partial charge in [-0.2, -0.15) is 0 Å². The van der Waals surface area contributed by atoms with Crippen LogP contribution in [0.5, 0.6) is 11.5 Å². The van der Waals surface area contributed by atoms with Crippen molar-refractivity contribution in [2.75, 3.05) is 27.4 Å². The number of methoxy groups -OCH3 is 2. The van der Waals surface area contributed by atoms with E-state index in [9.17, 15) is 10.2 Å². The van der Waals surface area contributed by atoms with E-state index < -0.39 is 6.10 Å². The van der Waals surface area contributed by atoms with Crippen LogP contribution in [0.2, 0.25) is 0 Å². The molecule has 0 heterocycles. The quantitative estimate of drug-likeness (QED) is 0.602. The lowest BCUT2D eigenvalue weighted by molar-refractivity contribution is 0.0594. The first-order chi connectivity index (χ1) is 8.67. The van der Waals surface area contributed by atoms with Crippen LogP contribution in [-0.4, -0.2) is 43.7 Å². The Labute approximate surface area is 107 Å². The third-order valence-electron chi connectivity index (χ3n) is 2.59. The van der Waals surface area contributed by atoms with E-state index in [1.54, 1.807) is 19.2 Å². The highest BCUT2D eigenvalue weighted by Crippen LogP contribution is 2.26. The van der Waals surface area contributed by atoms with E-state index in [2.05, 4.69) is 5.32 Å². The molecule has 1 unspecified atom stereocenters. The lowest BCUT2D eigenvalue weighted by atomic mass is 10.2. The molecule has 0 spiro atoms. The molecular weight excluding hydrogens is 234 g/mol. The van der Waals surface area contributed by atoms with Crippen molar-refractivity contribution in [2.45, 2.75) is 19.1 Å². The predicted octanol–water partition coefficient (Wildman–Crippen LogP) is 0.888. The zero-order valence-corrected chi connectivity index (χ0v) is 10.8. The number of aromatic hydroxyl groups is 1. The van der Waals surface area contributed by atoms with Crippen LogP contribution in [0.4, 0.5) is 0 Å². The molecule has 0 aliphatic heterocycles. The van der Waals surface area contributed by atoms with Crippen molar-refractivity contribution in [2.24, 2.45) is 0 Å². The van der Waals surface area contributed by atoms with E-state index in [4.69, 9.17) is 9.47 Å². The summed E-state index contributed by atoms with van der Waals surface area (Å²) in [6.45, 7) is 1.72. The normalized spacial score (nSPS) is 12.4. The van der Waals surface area contributed by atoms with E-state index in [1.165, 1.54) is 7.11 Å². The maximum Gasteiger partial charge on any atom is 0.160 e. The van der Waals surface area contributed by atoms with Gasteiger partial charge in [-0.1, -0.05) is 6.07 Å². The Bertz CT molecular complexity index is 357. The molecule has 0 bridgehead atoms. The summed E-state index contributed by atoms with van der Waals surface area (Å²) in [6, 6.07) is 5.22. The Balaban J connectivity index is 2.31. The van der Waals surface area contributed by atoms with Gasteiger partial charge in [0.05, 0.1) is 19.8 Å². The number of aliphatic hydroxyl groups excluding tert-OH is 1. The molecule has 1 atom stereocenters. The lowest BCUT2D eigenvalue weighted by Crippen LogP contribution is -2.23.